The van der Waals surface area contributed by atoms with Gasteiger partial charge in [0.1, 0.15) is 0 Å². The molecule has 0 aromatic heterocycles. The number of alkyl halides is 1. The van der Waals surface area contributed by atoms with Crippen LogP contribution in [0.25, 0.3) is 0 Å². The van der Waals surface area contributed by atoms with Gasteiger partial charge >= 0.3 is 0 Å². The van der Waals surface area contributed by atoms with Gasteiger partial charge in [-0.25, -0.2) is 0 Å². The van der Waals surface area contributed by atoms with E-state index in [4.69, 9.17) is 9.84 Å². The van der Waals surface area contributed by atoms with Crippen LogP contribution >= 0.6 is 15.9 Å². The van der Waals surface area contributed by atoms with Crippen LogP contribution in [0.1, 0.15) is 0 Å². The Morgan fingerprint density at radius 3 is 2.78 bits per heavy atom. The number of ether oxygens (including phenoxy) is 1. The summed E-state index contributed by atoms with van der Waals surface area (Å²) in [6.07, 6.45) is 1.38. The van der Waals surface area contributed by atoms with E-state index in [2.05, 4.69) is 22.5 Å². The molecule has 0 bridgehead atoms. The highest BCUT2D eigenvalue weighted by atomic mass is 79.9. The van der Waals surface area contributed by atoms with Crippen LogP contribution in [0.4, 0.5) is 0 Å². The third-order valence-corrected chi connectivity index (χ3v) is 1.18. The van der Waals surface area contributed by atoms with Gasteiger partial charge in [-0.1, -0.05) is 22.0 Å². The van der Waals surface area contributed by atoms with Crippen molar-refractivity contribution in [3.05, 3.63) is 12.7 Å². The zero-order valence-electron chi connectivity index (χ0n) is 5.22. The molecule has 54 valence electrons. The first-order valence-electron chi connectivity index (χ1n) is 2.76. The SMILES string of the molecule is C=C[C@@H](CO)OCCBr. The lowest BCUT2D eigenvalue weighted by Crippen LogP contribution is -2.15. The van der Waals surface area contributed by atoms with E-state index >= 15 is 0 Å². The maximum atomic E-state index is 8.54. The summed E-state index contributed by atoms with van der Waals surface area (Å²) in [6, 6.07) is 0. The lowest BCUT2D eigenvalue weighted by molar-refractivity contribution is 0.0530. The molecule has 0 radical (unpaired) electrons. The van der Waals surface area contributed by atoms with Gasteiger partial charge in [-0.05, 0) is 0 Å². The molecule has 0 unspecified atom stereocenters. The van der Waals surface area contributed by atoms with E-state index in [0.29, 0.717) is 6.61 Å². The predicted molar refractivity (Wildman–Crippen MR) is 40.8 cm³/mol. The molecule has 1 N–H and O–H groups in total. The maximum absolute atomic E-state index is 8.54. The van der Waals surface area contributed by atoms with Crippen molar-refractivity contribution in [2.24, 2.45) is 0 Å². The topological polar surface area (TPSA) is 29.5 Å². The normalized spacial score (nSPS) is 13.1. The first kappa shape index (κ1) is 9.14. The summed E-state index contributed by atoms with van der Waals surface area (Å²) in [4.78, 5) is 0. The summed E-state index contributed by atoms with van der Waals surface area (Å²) in [5.41, 5.74) is 0. The van der Waals surface area contributed by atoms with Crippen LogP contribution in [-0.4, -0.2) is 29.8 Å². The summed E-state index contributed by atoms with van der Waals surface area (Å²) in [5, 5.41) is 9.33. The van der Waals surface area contributed by atoms with E-state index < -0.39 is 0 Å². The van der Waals surface area contributed by atoms with Gasteiger partial charge < -0.3 is 9.84 Å². The number of hydrogen-bond acceptors (Lipinski definition) is 2. The van der Waals surface area contributed by atoms with E-state index in [0.717, 1.165) is 5.33 Å². The van der Waals surface area contributed by atoms with Gasteiger partial charge in [-0.15, -0.1) is 6.58 Å². The van der Waals surface area contributed by atoms with Crippen LogP contribution < -0.4 is 0 Å². The summed E-state index contributed by atoms with van der Waals surface area (Å²) in [5.74, 6) is 0. The van der Waals surface area contributed by atoms with Crippen LogP contribution in [0.5, 0.6) is 0 Å². The molecule has 0 heterocycles. The molecule has 2 nitrogen and oxygen atoms in total. The Morgan fingerprint density at radius 1 is 1.78 bits per heavy atom. The molecule has 0 amide bonds. The minimum Gasteiger partial charge on any atom is -0.393 e. The molecule has 0 aromatic rings. The van der Waals surface area contributed by atoms with Crippen molar-refractivity contribution >= 4 is 15.9 Å². The van der Waals surface area contributed by atoms with E-state index in [9.17, 15) is 0 Å². The molecule has 0 aliphatic rings. The summed E-state index contributed by atoms with van der Waals surface area (Å²) in [7, 11) is 0. The number of aliphatic hydroxyl groups is 1. The van der Waals surface area contributed by atoms with Gasteiger partial charge in [0.05, 0.1) is 19.3 Å². The van der Waals surface area contributed by atoms with Crippen LogP contribution in [0.3, 0.4) is 0 Å². The molecule has 1 atom stereocenters. The van der Waals surface area contributed by atoms with Crippen molar-refractivity contribution in [3.63, 3.8) is 0 Å². The fourth-order valence-corrected chi connectivity index (χ4v) is 0.578. The average molecular weight is 195 g/mol. The van der Waals surface area contributed by atoms with Gasteiger partial charge in [0.15, 0.2) is 0 Å². The van der Waals surface area contributed by atoms with Crippen molar-refractivity contribution in [3.8, 4) is 0 Å². The van der Waals surface area contributed by atoms with E-state index in [-0.39, 0.29) is 12.7 Å². The highest BCUT2D eigenvalue weighted by Gasteiger charge is 1.98. The zero-order chi connectivity index (χ0) is 7.11. The predicted octanol–water partition coefficient (Wildman–Crippen LogP) is 0.945. The Hall–Kier alpha value is 0.140. The van der Waals surface area contributed by atoms with Crippen LogP contribution in [-0.2, 0) is 4.74 Å². The molecule has 0 fully saturated rings. The molecule has 0 aliphatic heterocycles. The summed E-state index contributed by atoms with van der Waals surface area (Å²) >= 11 is 3.20. The van der Waals surface area contributed by atoms with Gasteiger partial charge in [-0.3, -0.25) is 0 Å². The fourth-order valence-electron chi connectivity index (χ4n) is 0.391. The molecule has 0 rings (SSSR count). The molecule has 9 heavy (non-hydrogen) atoms. The lowest BCUT2D eigenvalue weighted by Gasteiger charge is -2.07. The number of rotatable bonds is 5. The highest BCUT2D eigenvalue weighted by molar-refractivity contribution is 9.09. The van der Waals surface area contributed by atoms with Gasteiger partial charge in [0.2, 0.25) is 0 Å². The number of hydrogen-bond donors (Lipinski definition) is 1. The van der Waals surface area contributed by atoms with E-state index in [1.54, 1.807) is 6.08 Å². The summed E-state index contributed by atoms with van der Waals surface area (Å²) < 4.78 is 5.07. The van der Waals surface area contributed by atoms with Gasteiger partial charge in [-0.2, -0.15) is 0 Å². The molecule has 0 spiro atoms. The Kier molecular flexibility index (Phi) is 6.36. The number of aliphatic hydroxyl groups excluding tert-OH is 1. The van der Waals surface area contributed by atoms with Crippen molar-refractivity contribution in [1.29, 1.82) is 0 Å². The van der Waals surface area contributed by atoms with Crippen molar-refractivity contribution in [2.45, 2.75) is 6.10 Å². The number of halogens is 1. The van der Waals surface area contributed by atoms with Crippen molar-refractivity contribution < 1.29 is 9.84 Å². The second-order valence-electron chi connectivity index (χ2n) is 1.52. The summed E-state index contributed by atoms with van der Waals surface area (Å²) in [6.45, 7) is 4.10. The van der Waals surface area contributed by atoms with E-state index in [1.807, 2.05) is 0 Å². The third-order valence-electron chi connectivity index (χ3n) is 0.852. The fraction of sp³-hybridized carbons (Fsp3) is 0.667. The van der Waals surface area contributed by atoms with Crippen LogP contribution in [0.15, 0.2) is 12.7 Å². The molecule has 0 saturated carbocycles. The minimum atomic E-state index is -0.206. The molecular weight excluding hydrogens is 184 g/mol. The Morgan fingerprint density at radius 2 is 2.44 bits per heavy atom. The lowest BCUT2D eigenvalue weighted by atomic mass is 10.4. The van der Waals surface area contributed by atoms with Crippen molar-refractivity contribution in [2.75, 3.05) is 18.5 Å². The second-order valence-corrected chi connectivity index (χ2v) is 2.31. The second kappa shape index (κ2) is 6.26. The average Bonchev–Trinajstić information content (AvgIpc) is 1.91. The molecule has 0 aliphatic carbocycles. The molecule has 0 saturated heterocycles. The first-order valence-corrected chi connectivity index (χ1v) is 3.88. The molecule has 3 heteroatoms. The monoisotopic (exact) mass is 194 g/mol. The van der Waals surface area contributed by atoms with E-state index in [1.165, 1.54) is 0 Å². The van der Waals surface area contributed by atoms with Crippen LogP contribution in [0, 0.1) is 0 Å². The van der Waals surface area contributed by atoms with Crippen molar-refractivity contribution in [1.82, 2.24) is 0 Å². The Balaban J connectivity index is 3.20. The Labute approximate surface area is 63.6 Å². The first-order chi connectivity index (χ1) is 4.35. The maximum Gasteiger partial charge on any atom is 0.0984 e. The molecular formula is C6H11BrO2. The zero-order valence-corrected chi connectivity index (χ0v) is 6.80. The third kappa shape index (κ3) is 4.63. The van der Waals surface area contributed by atoms with Crippen LogP contribution in [0.2, 0.25) is 0 Å². The largest absolute Gasteiger partial charge is 0.393 e. The quantitative estimate of drug-likeness (QED) is 0.522. The Bertz CT molecular complexity index is 75.5. The minimum absolute atomic E-state index is 0.0104. The highest BCUT2D eigenvalue weighted by Crippen LogP contribution is 1.92. The molecule has 0 aromatic carbocycles. The standard InChI is InChI=1S/C6H11BrO2/c1-2-6(5-8)9-4-3-7/h2,6,8H,1,3-5H2/t6-/m0/s1. The smallest absolute Gasteiger partial charge is 0.0984 e. The van der Waals surface area contributed by atoms with Gasteiger partial charge in [0, 0.05) is 5.33 Å². The van der Waals surface area contributed by atoms with Gasteiger partial charge in [0.25, 0.3) is 0 Å².